The third-order valence-corrected chi connectivity index (χ3v) is 2.79. The molecule has 0 aliphatic heterocycles. The first-order valence-electron chi connectivity index (χ1n) is 3.86. The summed E-state index contributed by atoms with van der Waals surface area (Å²) in [5.41, 5.74) is 1.19. The smallest absolute Gasteiger partial charge is 0.102 e. The number of nitrogens with zero attached hydrogens (tertiary/aromatic N) is 2. The van der Waals surface area contributed by atoms with Gasteiger partial charge in [-0.1, -0.05) is 27.5 Å². The van der Waals surface area contributed by atoms with Crippen molar-refractivity contribution in [1.82, 2.24) is 4.98 Å². The maximum Gasteiger partial charge on any atom is 0.102 e. The van der Waals surface area contributed by atoms with E-state index < -0.39 is 0 Å². The minimum Gasteiger partial charge on any atom is -0.255 e. The molecule has 4 heteroatoms. The molecule has 2 nitrogen and oxygen atoms in total. The molecule has 68 valence electrons. The van der Waals surface area contributed by atoms with E-state index in [1.165, 1.54) is 6.20 Å². The van der Waals surface area contributed by atoms with Crippen LogP contribution in [0.15, 0.2) is 28.9 Å². The molecule has 0 fully saturated rings. The fourth-order valence-corrected chi connectivity index (χ4v) is 1.81. The normalized spacial score (nSPS) is 10.1. The molecule has 0 unspecified atom stereocenters. The molecule has 1 heterocycles. The van der Waals surface area contributed by atoms with Gasteiger partial charge in [0.25, 0.3) is 0 Å². The van der Waals surface area contributed by atoms with E-state index in [9.17, 15) is 0 Å². The van der Waals surface area contributed by atoms with Gasteiger partial charge in [0.2, 0.25) is 0 Å². The highest BCUT2D eigenvalue weighted by Crippen LogP contribution is 2.27. The number of halogens is 2. The molecule has 0 amide bonds. The zero-order valence-corrected chi connectivity index (χ0v) is 9.30. The second-order valence-electron chi connectivity index (χ2n) is 2.76. The summed E-state index contributed by atoms with van der Waals surface area (Å²) in [4.78, 5) is 4.13. The van der Waals surface area contributed by atoms with Crippen LogP contribution in [0.2, 0.25) is 5.02 Å². The lowest BCUT2D eigenvalue weighted by Crippen LogP contribution is -1.84. The molecule has 0 radical (unpaired) electrons. The summed E-state index contributed by atoms with van der Waals surface area (Å²) in [5, 5.41) is 10.0. The quantitative estimate of drug-likeness (QED) is 0.732. The summed E-state index contributed by atoms with van der Waals surface area (Å²) in [5.74, 6) is 0. The number of hydrogen-bond acceptors (Lipinski definition) is 2. The van der Waals surface area contributed by atoms with Crippen LogP contribution in [0.4, 0.5) is 0 Å². The minimum atomic E-state index is 0.400. The molecule has 0 N–H and O–H groups in total. The summed E-state index contributed by atoms with van der Waals surface area (Å²) in [6.07, 6.45) is 1.48. The number of rotatable bonds is 0. The van der Waals surface area contributed by atoms with Gasteiger partial charge in [0.15, 0.2) is 0 Å². The van der Waals surface area contributed by atoms with Crippen molar-refractivity contribution in [2.24, 2.45) is 0 Å². The van der Waals surface area contributed by atoms with Gasteiger partial charge < -0.3 is 0 Å². The minimum absolute atomic E-state index is 0.400. The van der Waals surface area contributed by atoms with Crippen molar-refractivity contribution in [2.45, 2.75) is 0 Å². The second kappa shape index (κ2) is 3.56. The van der Waals surface area contributed by atoms with Crippen LogP contribution >= 0.6 is 27.5 Å². The van der Waals surface area contributed by atoms with Gasteiger partial charge in [0.05, 0.1) is 16.1 Å². The zero-order chi connectivity index (χ0) is 10.1. The number of fused-ring (bicyclic) bond motifs is 1. The van der Waals surface area contributed by atoms with Gasteiger partial charge >= 0.3 is 0 Å². The average Bonchev–Trinajstić information content (AvgIpc) is 2.20. The number of hydrogen-bond donors (Lipinski definition) is 0. The molecular formula is C10H4BrClN2. The SMILES string of the molecule is N#Cc1cnc2ccc(Br)cc2c1Cl. The Morgan fingerprint density at radius 2 is 2.21 bits per heavy atom. The first kappa shape index (κ1) is 9.45. The predicted molar refractivity (Wildman–Crippen MR) is 59.2 cm³/mol. The largest absolute Gasteiger partial charge is 0.255 e. The Labute approximate surface area is 94.3 Å². The van der Waals surface area contributed by atoms with Crippen molar-refractivity contribution in [3.8, 4) is 6.07 Å². The van der Waals surface area contributed by atoms with E-state index in [4.69, 9.17) is 16.9 Å². The van der Waals surface area contributed by atoms with Crippen molar-refractivity contribution < 1.29 is 0 Å². The lowest BCUT2D eigenvalue weighted by atomic mass is 10.2. The lowest BCUT2D eigenvalue weighted by molar-refractivity contribution is 1.37. The van der Waals surface area contributed by atoms with Crippen LogP contribution in [-0.2, 0) is 0 Å². The Morgan fingerprint density at radius 3 is 2.93 bits per heavy atom. The van der Waals surface area contributed by atoms with E-state index in [0.29, 0.717) is 10.6 Å². The molecule has 0 aliphatic carbocycles. The summed E-state index contributed by atoms with van der Waals surface area (Å²) < 4.78 is 0.920. The van der Waals surface area contributed by atoms with Crippen molar-refractivity contribution in [2.75, 3.05) is 0 Å². The van der Waals surface area contributed by atoms with Crippen LogP contribution in [0.25, 0.3) is 10.9 Å². The van der Waals surface area contributed by atoms with Crippen molar-refractivity contribution in [1.29, 1.82) is 5.26 Å². The fraction of sp³-hybridized carbons (Fsp3) is 0. The molecule has 1 aromatic carbocycles. The van der Waals surface area contributed by atoms with Gasteiger partial charge in [-0.3, -0.25) is 4.98 Å². The summed E-state index contributed by atoms with van der Waals surface area (Å²) in [6.45, 7) is 0. The Balaban J connectivity index is 2.88. The van der Waals surface area contributed by atoms with Gasteiger partial charge in [-0.15, -0.1) is 0 Å². The highest BCUT2D eigenvalue weighted by atomic mass is 79.9. The Hall–Kier alpha value is -1.11. The van der Waals surface area contributed by atoms with Gasteiger partial charge in [0, 0.05) is 16.1 Å². The van der Waals surface area contributed by atoms with Crippen molar-refractivity contribution in [3.63, 3.8) is 0 Å². The van der Waals surface area contributed by atoms with Crippen molar-refractivity contribution in [3.05, 3.63) is 39.5 Å². The fourth-order valence-electron chi connectivity index (χ4n) is 1.21. The summed E-state index contributed by atoms with van der Waals surface area (Å²) >= 11 is 9.37. The molecule has 0 saturated carbocycles. The predicted octanol–water partition coefficient (Wildman–Crippen LogP) is 3.52. The number of pyridine rings is 1. The highest BCUT2D eigenvalue weighted by molar-refractivity contribution is 9.10. The maximum atomic E-state index is 8.76. The number of benzene rings is 1. The van der Waals surface area contributed by atoms with Crippen LogP contribution in [-0.4, -0.2) is 4.98 Å². The van der Waals surface area contributed by atoms with E-state index >= 15 is 0 Å². The van der Waals surface area contributed by atoms with E-state index in [1.807, 2.05) is 24.3 Å². The molecular weight excluding hydrogens is 263 g/mol. The van der Waals surface area contributed by atoms with Crippen LogP contribution in [0.5, 0.6) is 0 Å². The molecule has 0 atom stereocenters. The number of nitriles is 1. The average molecular weight is 268 g/mol. The highest BCUT2D eigenvalue weighted by Gasteiger charge is 2.06. The molecule has 0 spiro atoms. The number of aromatic nitrogens is 1. The van der Waals surface area contributed by atoms with Gasteiger partial charge in [0.1, 0.15) is 6.07 Å². The zero-order valence-electron chi connectivity index (χ0n) is 6.96. The summed E-state index contributed by atoms with van der Waals surface area (Å²) in [6, 6.07) is 7.59. The standard InChI is InChI=1S/C10H4BrClN2/c11-7-1-2-9-8(3-7)10(12)6(4-13)5-14-9/h1-3,5H. The van der Waals surface area contributed by atoms with Crippen LogP contribution in [0, 0.1) is 11.3 Å². The molecule has 0 aliphatic rings. The van der Waals surface area contributed by atoms with Crippen molar-refractivity contribution >= 4 is 38.4 Å². The Bertz CT molecular complexity index is 546. The van der Waals surface area contributed by atoms with E-state index in [-0.39, 0.29) is 0 Å². The van der Waals surface area contributed by atoms with E-state index in [0.717, 1.165) is 15.4 Å². The Morgan fingerprint density at radius 1 is 1.43 bits per heavy atom. The van der Waals surface area contributed by atoms with Gasteiger partial charge in [-0.2, -0.15) is 5.26 Å². The molecule has 2 rings (SSSR count). The van der Waals surface area contributed by atoms with Gasteiger partial charge in [-0.05, 0) is 18.2 Å². The van der Waals surface area contributed by atoms with Crippen LogP contribution in [0.3, 0.4) is 0 Å². The lowest BCUT2D eigenvalue weighted by Gasteiger charge is -2.01. The molecule has 1 aromatic heterocycles. The van der Waals surface area contributed by atoms with Gasteiger partial charge in [-0.25, -0.2) is 0 Å². The third-order valence-electron chi connectivity index (χ3n) is 1.88. The monoisotopic (exact) mass is 266 g/mol. The second-order valence-corrected chi connectivity index (χ2v) is 4.05. The molecule has 0 bridgehead atoms. The Kier molecular flexibility index (Phi) is 2.40. The molecule has 14 heavy (non-hydrogen) atoms. The first-order valence-corrected chi connectivity index (χ1v) is 5.03. The first-order chi connectivity index (χ1) is 6.72. The van der Waals surface area contributed by atoms with Crippen LogP contribution in [0.1, 0.15) is 5.56 Å². The topological polar surface area (TPSA) is 36.7 Å². The molecule has 0 saturated heterocycles. The molecule has 2 aromatic rings. The summed E-state index contributed by atoms with van der Waals surface area (Å²) in [7, 11) is 0. The third kappa shape index (κ3) is 1.47. The van der Waals surface area contributed by atoms with E-state index in [1.54, 1.807) is 0 Å². The van der Waals surface area contributed by atoms with E-state index in [2.05, 4.69) is 20.9 Å². The van der Waals surface area contributed by atoms with Crippen LogP contribution < -0.4 is 0 Å². The maximum absolute atomic E-state index is 8.76.